The zero-order valence-corrected chi connectivity index (χ0v) is 13.0. The largest absolute Gasteiger partial charge is 0.374 e. The third kappa shape index (κ3) is 4.91. The smallest absolute Gasteiger partial charge is 0.228 e. The first-order chi connectivity index (χ1) is 8.88. The summed E-state index contributed by atoms with van der Waals surface area (Å²) in [5.74, 6) is 1.28. The normalized spacial score (nSPS) is 15.5. The lowest BCUT2D eigenvalue weighted by Gasteiger charge is -2.30. The van der Waals surface area contributed by atoms with Crippen LogP contribution in [0.5, 0.6) is 0 Å². The van der Waals surface area contributed by atoms with Gasteiger partial charge in [0.15, 0.2) is 5.82 Å². The van der Waals surface area contributed by atoms with Crippen LogP contribution in [0.1, 0.15) is 58.9 Å². The molecule has 2 atom stereocenters. The summed E-state index contributed by atoms with van der Waals surface area (Å²) < 4.78 is 10.5. The highest BCUT2D eigenvalue weighted by molar-refractivity contribution is 4.95. The van der Waals surface area contributed by atoms with E-state index in [2.05, 4.69) is 43.2 Å². The van der Waals surface area contributed by atoms with E-state index < -0.39 is 0 Å². The molecule has 19 heavy (non-hydrogen) atoms. The van der Waals surface area contributed by atoms with E-state index in [4.69, 9.17) is 9.26 Å². The van der Waals surface area contributed by atoms with Gasteiger partial charge in [0.05, 0.1) is 0 Å². The fourth-order valence-corrected chi connectivity index (χ4v) is 1.80. The topological polar surface area (TPSA) is 60.2 Å². The maximum Gasteiger partial charge on any atom is 0.228 e. The molecule has 1 N–H and O–H groups in total. The predicted molar refractivity (Wildman–Crippen MR) is 75.0 cm³/mol. The third-order valence-corrected chi connectivity index (χ3v) is 3.27. The number of nitrogens with one attached hydrogen (secondary N) is 1. The van der Waals surface area contributed by atoms with E-state index in [0.29, 0.717) is 17.8 Å². The number of methoxy groups -OCH3 is 1. The predicted octanol–water partition coefficient (Wildman–Crippen LogP) is 2.73. The van der Waals surface area contributed by atoms with Crippen LogP contribution < -0.4 is 5.32 Å². The van der Waals surface area contributed by atoms with Crippen LogP contribution in [0.25, 0.3) is 0 Å². The van der Waals surface area contributed by atoms with Gasteiger partial charge in [-0.15, -0.1) is 0 Å². The highest BCUT2D eigenvalue weighted by atomic mass is 16.5. The lowest BCUT2D eigenvalue weighted by Crippen LogP contribution is -2.42. The summed E-state index contributed by atoms with van der Waals surface area (Å²) in [6.07, 6.45) is 1.73. The maximum atomic E-state index is 5.31. The van der Waals surface area contributed by atoms with Crippen molar-refractivity contribution in [1.29, 1.82) is 0 Å². The number of ether oxygens (including phenoxy) is 1. The molecule has 0 aliphatic carbocycles. The van der Waals surface area contributed by atoms with Crippen LogP contribution in [0.3, 0.4) is 0 Å². The Morgan fingerprint density at radius 1 is 1.37 bits per heavy atom. The average molecular weight is 269 g/mol. The second kappa shape index (κ2) is 7.01. The molecular weight excluding hydrogens is 242 g/mol. The molecule has 2 unspecified atom stereocenters. The highest BCUT2D eigenvalue weighted by Crippen LogP contribution is 2.23. The summed E-state index contributed by atoms with van der Waals surface area (Å²) in [4.78, 5) is 4.40. The first-order valence-corrected chi connectivity index (χ1v) is 6.97. The molecule has 5 heteroatoms. The third-order valence-electron chi connectivity index (χ3n) is 3.27. The fraction of sp³-hybridized carbons (Fsp3) is 0.857. The Labute approximate surface area is 116 Å². The summed E-state index contributed by atoms with van der Waals surface area (Å²) in [5, 5.41) is 7.51. The molecule has 110 valence electrons. The minimum Gasteiger partial charge on any atom is -0.374 e. The number of nitrogens with zero attached hydrogens (tertiary/aromatic N) is 2. The van der Waals surface area contributed by atoms with Crippen LogP contribution in [0.2, 0.25) is 0 Å². The summed E-state index contributed by atoms with van der Waals surface area (Å²) in [6, 6.07) is 0.318. The number of hydrogen-bond acceptors (Lipinski definition) is 5. The molecule has 0 saturated carbocycles. The van der Waals surface area contributed by atoms with E-state index in [0.717, 1.165) is 19.4 Å². The lowest BCUT2D eigenvalue weighted by atomic mass is 9.84. The van der Waals surface area contributed by atoms with Gasteiger partial charge in [0.25, 0.3) is 0 Å². The van der Waals surface area contributed by atoms with Crippen molar-refractivity contribution in [2.45, 2.75) is 59.6 Å². The van der Waals surface area contributed by atoms with E-state index >= 15 is 0 Å². The van der Waals surface area contributed by atoms with Crippen LogP contribution in [0.4, 0.5) is 0 Å². The van der Waals surface area contributed by atoms with Gasteiger partial charge < -0.3 is 14.6 Å². The highest BCUT2D eigenvalue weighted by Gasteiger charge is 2.26. The van der Waals surface area contributed by atoms with E-state index in [1.165, 1.54) is 0 Å². The van der Waals surface area contributed by atoms with Crippen molar-refractivity contribution in [3.8, 4) is 0 Å². The molecule has 1 heterocycles. The standard InChI is InChI=1S/C14H27N3O2/c1-7-8-15-11(14(3,4)5)9-12-16-13(17-19-12)10(2)18-6/h10-11,15H,7-9H2,1-6H3. The Morgan fingerprint density at radius 3 is 2.58 bits per heavy atom. The molecule has 0 fully saturated rings. The van der Waals surface area contributed by atoms with Crippen molar-refractivity contribution < 1.29 is 9.26 Å². The summed E-state index contributed by atoms with van der Waals surface area (Å²) in [6.45, 7) is 11.7. The number of hydrogen-bond donors (Lipinski definition) is 1. The molecule has 0 aromatic carbocycles. The Bertz CT molecular complexity index is 371. The van der Waals surface area contributed by atoms with Gasteiger partial charge >= 0.3 is 0 Å². The van der Waals surface area contributed by atoms with Crippen molar-refractivity contribution in [1.82, 2.24) is 15.5 Å². The van der Waals surface area contributed by atoms with Crippen LogP contribution in [-0.4, -0.2) is 29.8 Å². The molecule has 0 amide bonds. The van der Waals surface area contributed by atoms with Gasteiger partial charge in [0, 0.05) is 19.6 Å². The van der Waals surface area contributed by atoms with Crippen LogP contribution in [-0.2, 0) is 11.2 Å². The second-order valence-corrected chi connectivity index (χ2v) is 6.00. The van der Waals surface area contributed by atoms with Gasteiger partial charge in [-0.2, -0.15) is 4.98 Å². The van der Waals surface area contributed by atoms with Gasteiger partial charge in [-0.05, 0) is 25.3 Å². The molecule has 0 bridgehead atoms. The fourth-order valence-electron chi connectivity index (χ4n) is 1.80. The van der Waals surface area contributed by atoms with E-state index in [-0.39, 0.29) is 11.5 Å². The molecule has 1 aromatic rings. The quantitative estimate of drug-likeness (QED) is 0.824. The van der Waals surface area contributed by atoms with Crippen LogP contribution in [0.15, 0.2) is 4.52 Å². The molecule has 0 aliphatic heterocycles. The Kier molecular flexibility index (Phi) is 5.94. The van der Waals surface area contributed by atoms with E-state index in [9.17, 15) is 0 Å². The lowest BCUT2D eigenvalue weighted by molar-refractivity contribution is 0.109. The van der Waals surface area contributed by atoms with Crippen LogP contribution in [0, 0.1) is 5.41 Å². The zero-order chi connectivity index (χ0) is 14.5. The Balaban J connectivity index is 2.70. The SMILES string of the molecule is CCCNC(Cc1nc(C(C)OC)no1)C(C)(C)C. The van der Waals surface area contributed by atoms with Crippen molar-refractivity contribution >= 4 is 0 Å². The van der Waals surface area contributed by atoms with Gasteiger partial charge in [-0.1, -0.05) is 32.9 Å². The number of aromatic nitrogens is 2. The molecule has 0 radical (unpaired) electrons. The van der Waals surface area contributed by atoms with E-state index in [1.54, 1.807) is 7.11 Å². The zero-order valence-electron chi connectivity index (χ0n) is 13.0. The van der Waals surface area contributed by atoms with Crippen molar-refractivity contribution in [2.75, 3.05) is 13.7 Å². The molecule has 0 aliphatic rings. The second-order valence-electron chi connectivity index (χ2n) is 6.00. The Morgan fingerprint density at radius 2 is 2.05 bits per heavy atom. The Hall–Kier alpha value is -0.940. The minimum atomic E-state index is -0.130. The average Bonchev–Trinajstić information content (AvgIpc) is 2.80. The van der Waals surface area contributed by atoms with E-state index in [1.807, 2.05) is 6.92 Å². The molecule has 1 rings (SSSR count). The minimum absolute atomic E-state index is 0.130. The first kappa shape index (κ1) is 16.1. The molecule has 5 nitrogen and oxygen atoms in total. The monoisotopic (exact) mass is 269 g/mol. The summed E-state index contributed by atoms with van der Waals surface area (Å²) in [5.41, 5.74) is 0.149. The number of rotatable bonds is 7. The summed E-state index contributed by atoms with van der Waals surface area (Å²) in [7, 11) is 1.64. The van der Waals surface area contributed by atoms with Crippen molar-refractivity contribution in [2.24, 2.45) is 5.41 Å². The van der Waals surface area contributed by atoms with Gasteiger partial charge in [-0.3, -0.25) is 0 Å². The van der Waals surface area contributed by atoms with Crippen LogP contribution >= 0.6 is 0 Å². The molecule has 1 aromatic heterocycles. The van der Waals surface area contributed by atoms with Crippen molar-refractivity contribution in [3.05, 3.63) is 11.7 Å². The van der Waals surface area contributed by atoms with Gasteiger partial charge in [-0.25, -0.2) is 0 Å². The van der Waals surface area contributed by atoms with Gasteiger partial charge in [0.2, 0.25) is 5.89 Å². The maximum absolute atomic E-state index is 5.31. The van der Waals surface area contributed by atoms with Gasteiger partial charge in [0.1, 0.15) is 6.10 Å². The molecule has 0 spiro atoms. The molecule has 0 saturated heterocycles. The molecular formula is C14H27N3O2. The first-order valence-electron chi connectivity index (χ1n) is 6.97. The van der Waals surface area contributed by atoms with Crippen molar-refractivity contribution in [3.63, 3.8) is 0 Å². The summed E-state index contributed by atoms with van der Waals surface area (Å²) >= 11 is 0.